The van der Waals surface area contributed by atoms with Crippen molar-refractivity contribution in [2.75, 3.05) is 13.2 Å². The fourth-order valence-electron chi connectivity index (χ4n) is 3.72. The van der Waals surface area contributed by atoms with Crippen LogP contribution in [0.3, 0.4) is 0 Å². The molecule has 33 heavy (non-hydrogen) atoms. The van der Waals surface area contributed by atoms with E-state index in [2.05, 4.69) is 20.5 Å². The number of halogens is 3. The number of alkyl halides is 3. The van der Waals surface area contributed by atoms with Gasteiger partial charge in [-0.25, -0.2) is 4.79 Å². The molecule has 2 amide bonds. The molecule has 2 aromatic rings. The highest BCUT2D eigenvalue weighted by Gasteiger charge is 2.44. The fraction of sp³-hybridized carbons (Fsp3) is 0.450. The largest absolute Gasteiger partial charge is 0.490 e. The third kappa shape index (κ3) is 6.28. The summed E-state index contributed by atoms with van der Waals surface area (Å²) >= 11 is 0. The number of piperidine rings is 1. The Kier molecular flexibility index (Phi) is 7.63. The molecule has 0 saturated carbocycles. The minimum absolute atomic E-state index is 0.0191. The van der Waals surface area contributed by atoms with E-state index in [1.54, 1.807) is 23.4 Å². The van der Waals surface area contributed by atoms with Gasteiger partial charge < -0.3 is 20.1 Å². The van der Waals surface area contributed by atoms with Crippen LogP contribution in [0.2, 0.25) is 0 Å². The molecule has 0 aromatic carbocycles. The van der Waals surface area contributed by atoms with Crippen molar-refractivity contribution >= 4 is 17.8 Å². The molecule has 4 heterocycles. The van der Waals surface area contributed by atoms with Crippen molar-refractivity contribution < 1.29 is 37.4 Å². The maximum atomic E-state index is 12.8. The van der Waals surface area contributed by atoms with E-state index in [-0.39, 0.29) is 29.9 Å². The Bertz CT molecular complexity index is 955. The number of H-pyrrole nitrogens is 1. The van der Waals surface area contributed by atoms with Crippen LogP contribution < -0.4 is 5.32 Å². The second kappa shape index (κ2) is 10.4. The van der Waals surface area contributed by atoms with Crippen LogP contribution in [0.4, 0.5) is 13.2 Å². The number of nitrogens with zero attached hydrogens (tertiary/aromatic N) is 3. The first-order valence-corrected chi connectivity index (χ1v) is 10.1. The Balaban J connectivity index is 0.000000383. The summed E-state index contributed by atoms with van der Waals surface area (Å²) in [5.74, 6) is -3.27. The minimum Gasteiger partial charge on any atom is -0.475 e. The van der Waals surface area contributed by atoms with Crippen LogP contribution in [0.1, 0.15) is 29.0 Å². The Morgan fingerprint density at radius 3 is 2.61 bits per heavy atom. The maximum Gasteiger partial charge on any atom is 0.490 e. The topological polar surface area (TPSA) is 138 Å². The van der Waals surface area contributed by atoms with Gasteiger partial charge in [0.05, 0.1) is 30.3 Å². The number of amides is 2. The number of rotatable bonds is 4. The molecule has 0 radical (unpaired) electrons. The van der Waals surface area contributed by atoms with E-state index in [9.17, 15) is 22.8 Å². The maximum absolute atomic E-state index is 12.8. The van der Waals surface area contributed by atoms with Crippen molar-refractivity contribution in [3.8, 4) is 0 Å². The summed E-state index contributed by atoms with van der Waals surface area (Å²) < 4.78 is 37.5. The first-order valence-electron chi connectivity index (χ1n) is 10.1. The van der Waals surface area contributed by atoms with Crippen molar-refractivity contribution in [3.05, 3.63) is 48.0 Å². The van der Waals surface area contributed by atoms with Gasteiger partial charge in [-0.2, -0.15) is 18.3 Å². The molecular weight excluding hydrogens is 447 g/mol. The number of aromatic nitrogens is 3. The van der Waals surface area contributed by atoms with Crippen LogP contribution in [0.15, 0.2) is 36.7 Å². The lowest BCUT2D eigenvalue weighted by Gasteiger charge is -2.40. The molecule has 2 aromatic heterocycles. The van der Waals surface area contributed by atoms with E-state index in [0.717, 1.165) is 12.1 Å². The monoisotopic (exact) mass is 469 g/mol. The van der Waals surface area contributed by atoms with Crippen LogP contribution in [-0.2, 0) is 20.9 Å². The number of carbonyl (C=O) groups excluding carboxylic acids is 2. The van der Waals surface area contributed by atoms with Crippen molar-refractivity contribution in [2.24, 2.45) is 5.92 Å². The summed E-state index contributed by atoms with van der Waals surface area (Å²) in [7, 11) is 0. The summed E-state index contributed by atoms with van der Waals surface area (Å²) in [4.78, 5) is 40.3. The van der Waals surface area contributed by atoms with Crippen LogP contribution in [-0.4, -0.2) is 74.4 Å². The molecule has 10 nitrogen and oxygen atoms in total. The lowest BCUT2D eigenvalue weighted by atomic mass is 9.89. The molecule has 178 valence electrons. The highest BCUT2D eigenvalue weighted by molar-refractivity contribution is 5.93. The van der Waals surface area contributed by atoms with E-state index >= 15 is 0 Å². The Labute approximate surface area is 186 Å². The van der Waals surface area contributed by atoms with Gasteiger partial charge in [0.2, 0.25) is 5.91 Å². The van der Waals surface area contributed by atoms with Crippen molar-refractivity contribution in [3.63, 3.8) is 0 Å². The highest BCUT2D eigenvalue weighted by Crippen LogP contribution is 2.32. The van der Waals surface area contributed by atoms with Gasteiger partial charge in [-0.05, 0) is 31.0 Å². The summed E-state index contributed by atoms with van der Waals surface area (Å²) in [6.07, 6.45) is -0.500. The smallest absolute Gasteiger partial charge is 0.475 e. The van der Waals surface area contributed by atoms with Gasteiger partial charge in [-0.15, -0.1) is 0 Å². The predicted octanol–water partition coefficient (Wildman–Crippen LogP) is 1.37. The first-order chi connectivity index (χ1) is 15.7. The fourth-order valence-corrected chi connectivity index (χ4v) is 3.72. The number of fused-ring (bicyclic) bond motifs is 1. The van der Waals surface area contributed by atoms with Crippen LogP contribution in [0, 0.1) is 5.92 Å². The third-order valence-corrected chi connectivity index (χ3v) is 5.28. The molecule has 2 aliphatic heterocycles. The molecule has 0 bridgehead atoms. The lowest BCUT2D eigenvalue weighted by Crippen LogP contribution is -2.55. The number of ether oxygens (including phenoxy) is 1. The molecular formula is C20H22F3N5O5. The van der Waals surface area contributed by atoms with E-state index in [1.807, 2.05) is 18.2 Å². The number of pyridine rings is 1. The average molecular weight is 469 g/mol. The Morgan fingerprint density at radius 1 is 1.24 bits per heavy atom. The van der Waals surface area contributed by atoms with Gasteiger partial charge in [-0.1, -0.05) is 6.07 Å². The van der Waals surface area contributed by atoms with Gasteiger partial charge in [0.1, 0.15) is 5.69 Å². The number of carboxylic acids is 1. The SMILES string of the molecule is O=C(NCc1ccccn1)[C@@H]1C[C@H]2OCC[C@H]2N(C(=O)c2ccn[nH]2)C1.O=C(O)C(F)(F)F. The second-order valence-corrected chi connectivity index (χ2v) is 7.47. The zero-order chi connectivity index (χ0) is 24.0. The predicted molar refractivity (Wildman–Crippen MR) is 106 cm³/mol. The van der Waals surface area contributed by atoms with Gasteiger partial charge in [0.25, 0.3) is 5.91 Å². The van der Waals surface area contributed by atoms with Gasteiger partial charge in [0, 0.05) is 25.5 Å². The molecule has 2 fully saturated rings. The summed E-state index contributed by atoms with van der Waals surface area (Å²) in [5.41, 5.74) is 1.24. The van der Waals surface area contributed by atoms with E-state index in [4.69, 9.17) is 14.6 Å². The lowest BCUT2D eigenvalue weighted by molar-refractivity contribution is -0.192. The quantitative estimate of drug-likeness (QED) is 0.615. The number of carboxylic acid groups (broad SMARTS) is 1. The zero-order valence-electron chi connectivity index (χ0n) is 17.3. The van der Waals surface area contributed by atoms with E-state index in [1.165, 1.54) is 0 Å². The van der Waals surface area contributed by atoms with Crippen molar-refractivity contribution in [1.29, 1.82) is 0 Å². The van der Waals surface area contributed by atoms with Crippen molar-refractivity contribution in [2.45, 2.75) is 37.7 Å². The molecule has 2 aliphatic rings. The van der Waals surface area contributed by atoms with Crippen LogP contribution in [0.25, 0.3) is 0 Å². The third-order valence-electron chi connectivity index (χ3n) is 5.28. The molecule has 4 rings (SSSR count). The number of aliphatic carboxylic acids is 1. The van der Waals surface area contributed by atoms with Crippen molar-refractivity contribution in [1.82, 2.24) is 25.4 Å². The molecule has 3 N–H and O–H groups in total. The molecule has 0 spiro atoms. The van der Waals surface area contributed by atoms with Gasteiger partial charge in [-0.3, -0.25) is 19.7 Å². The Hall–Kier alpha value is -3.48. The van der Waals surface area contributed by atoms with Crippen LogP contribution in [0.5, 0.6) is 0 Å². The van der Waals surface area contributed by atoms with Gasteiger partial charge in [0.15, 0.2) is 0 Å². The van der Waals surface area contributed by atoms with E-state index in [0.29, 0.717) is 31.8 Å². The molecule has 2 saturated heterocycles. The number of hydrogen-bond donors (Lipinski definition) is 3. The molecule has 0 aliphatic carbocycles. The number of hydrogen-bond acceptors (Lipinski definition) is 6. The average Bonchev–Trinajstić information content (AvgIpc) is 3.49. The summed E-state index contributed by atoms with van der Waals surface area (Å²) in [5, 5.41) is 16.6. The zero-order valence-corrected chi connectivity index (χ0v) is 17.3. The minimum atomic E-state index is -5.08. The standard InChI is InChI=1S/C18H21N5O3.C2HF3O2/c24-17(20-10-13-3-1-2-6-19-13)12-9-16-15(5-8-26-16)23(11-12)18(25)14-4-7-21-22-14;3-2(4,5)1(6)7/h1-4,6-7,12,15-16H,5,8-11H2,(H,20,24)(H,21,22);(H,6,7)/t12-,15-,16-;/m1./s1. The summed E-state index contributed by atoms with van der Waals surface area (Å²) in [6, 6.07) is 7.26. The molecule has 13 heteroatoms. The molecule has 0 unspecified atom stereocenters. The summed E-state index contributed by atoms with van der Waals surface area (Å²) in [6.45, 7) is 1.38. The Morgan fingerprint density at radius 2 is 2.00 bits per heavy atom. The highest BCUT2D eigenvalue weighted by atomic mass is 19.4. The molecule has 3 atom stereocenters. The number of nitrogens with one attached hydrogen (secondary N) is 2. The first kappa shape index (κ1) is 24.2. The van der Waals surface area contributed by atoms with E-state index < -0.39 is 12.1 Å². The number of aromatic amines is 1. The van der Waals surface area contributed by atoms with Gasteiger partial charge >= 0.3 is 12.1 Å². The number of likely N-dealkylation sites (tertiary alicyclic amines) is 1. The normalized spacial score (nSPS) is 22.0. The second-order valence-electron chi connectivity index (χ2n) is 7.47. The number of carbonyl (C=O) groups is 3. The van der Waals surface area contributed by atoms with Crippen LogP contribution >= 0.6 is 0 Å².